The SMILES string of the molecule is O=C(NCCC1=CCCCC1)c1cnc2scc(-c3ccccc3)n2c1=O. The fourth-order valence-corrected chi connectivity index (χ4v) is 4.28. The Hall–Kier alpha value is -2.73. The third-order valence-electron chi connectivity index (χ3n) is 4.88. The Bertz CT molecular complexity index is 1050. The van der Waals surface area contributed by atoms with Crippen LogP contribution in [0.5, 0.6) is 0 Å². The summed E-state index contributed by atoms with van der Waals surface area (Å²) in [5.74, 6) is -0.358. The quantitative estimate of drug-likeness (QED) is 0.681. The molecule has 0 saturated carbocycles. The minimum absolute atomic E-state index is 0.0840. The Labute approximate surface area is 161 Å². The summed E-state index contributed by atoms with van der Waals surface area (Å²) in [5.41, 5.74) is 2.84. The van der Waals surface area contributed by atoms with Gasteiger partial charge in [0.05, 0.1) is 5.69 Å². The van der Waals surface area contributed by atoms with E-state index in [1.165, 1.54) is 40.3 Å². The summed E-state index contributed by atoms with van der Waals surface area (Å²) >= 11 is 1.39. The van der Waals surface area contributed by atoms with E-state index in [4.69, 9.17) is 0 Å². The molecule has 1 N–H and O–H groups in total. The minimum Gasteiger partial charge on any atom is -0.351 e. The predicted molar refractivity (Wildman–Crippen MR) is 108 cm³/mol. The number of aromatic nitrogens is 2. The van der Waals surface area contributed by atoms with Crippen molar-refractivity contribution in [3.05, 3.63) is 69.5 Å². The third kappa shape index (κ3) is 3.71. The van der Waals surface area contributed by atoms with E-state index in [0.29, 0.717) is 11.5 Å². The molecule has 0 spiro atoms. The first-order valence-corrected chi connectivity index (χ1v) is 10.1. The van der Waals surface area contributed by atoms with Crippen LogP contribution in [0.25, 0.3) is 16.2 Å². The molecular weight excluding hydrogens is 358 g/mol. The number of fused-ring (bicyclic) bond motifs is 1. The smallest absolute Gasteiger partial charge is 0.271 e. The first kappa shape index (κ1) is 17.7. The fourth-order valence-electron chi connectivity index (χ4n) is 3.42. The first-order valence-electron chi connectivity index (χ1n) is 9.25. The fraction of sp³-hybridized carbons (Fsp3) is 0.286. The number of hydrogen-bond donors (Lipinski definition) is 1. The summed E-state index contributed by atoms with van der Waals surface area (Å²) in [5, 5.41) is 4.77. The van der Waals surface area contributed by atoms with E-state index in [0.717, 1.165) is 30.5 Å². The second-order valence-corrected chi connectivity index (χ2v) is 7.53. The third-order valence-corrected chi connectivity index (χ3v) is 5.72. The normalized spacial score (nSPS) is 14.1. The molecule has 6 heteroatoms. The van der Waals surface area contributed by atoms with Crippen molar-refractivity contribution in [3.63, 3.8) is 0 Å². The molecule has 2 heterocycles. The van der Waals surface area contributed by atoms with E-state index in [1.807, 2.05) is 35.7 Å². The molecule has 138 valence electrons. The van der Waals surface area contributed by atoms with Crippen LogP contribution in [0.4, 0.5) is 0 Å². The van der Waals surface area contributed by atoms with Crippen LogP contribution in [0.3, 0.4) is 0 Å². The monoisotopic (exact) mass is 379 g/mol. The Balaban J connectivity index is 1.57. The number of carbonyl (C=O) groups excluding carboxylic acids is 1. The Morgan fingerprint density at radius 2 is 2.07 bits per heavy atom. The van der Waals surface area contributed by atoms with Gasteiger partial charge in [0.15, 0.2) is 4.96 Å². The second-order valence-electron chi connectivity index (χ2n) is 6.70. The van der Waals surface area contributed by atoms with Crippen molar-refractivity contribution in [1.29, 1.82) is 0 Å². The lowest BCUT2D eigenvalue weighted by atomic mass is 9.97. The molecule has 0 saturated heterocycles. The summed E-state index contributed by atoms with van der Waals surface area (Å²) < 4.78 is 1.53. The van der Waals surface area contributed by atoms with E-state index in [-0.39, 0.29) is 17.0 Å². The molecule has 0 atom stereocenters. The van der Waals surface area contributed by atoms with Crippen molar-refractivity contribution in [3.8, 4) is 11.3 Å². The molecule has 1 aliphatic rings. The maximum absolute atomic E-state index is 12.9. The van der Waals surface area contributed by atoms with Crippen LogP contribution < -0.4 is 10.9 Å². The zero-order valence-electron chi connectivity index (χ0n) is 15.0. The average Bonchev–Trinajstić information content (AvgIpc) is 3.15. The number of thiazole rings is 1. The highest BCUT2D eigenvalue weighted by molar-refractivity contribution is 7.15. The lowest BCUT2D eigenvalue weighted by Gasteiger charge is -2.12. The zero-order valence-corrected chi connectivity index (χ0v) is 15.8. The number of nitrogens with one attached hydrogen (secondary N) is 1. The molecule has 0 aliphatic heterocycles. The van der Waals surface area contributed by atoms with Gasteiger partial charge in [-0.2, -0.15) is 0 Å². The van der Waals surface area contributed by atoms with Gasteiger partial charge >= 0.3 is 0 Å². The van der Waals surface area contributed by atoms with E-state index in [9.17, 15) is 9.59 Å². The van der Waals surface area contributed by atoms with Gasteiger partial charge in [-0.15, -0.1) is 11.3 Å². The molecule has 27 heavy (non-hydrogen) atoms. The molecule has 1 amide bonds. The molecule has 0 radical (unpaired) electrons. The van der Waals surface area contributed by atoms with Gasteiger partial charge < -0.3 is 5.32 Å². The van der Waals surface area contributed by atoms with Gasteiger partial charge in [-0.1, -0.05) is 42.0 Å². The van der Waals surface area contributed by atoms with Crippen LogP contribution in [0.2, 0.25) is 0 Å². The van der Waals surface area contributed by atoms with Gasteiger partial charge in [-0.3, -0.25) is 14.0 Å². The van der Waals surface area contributed by atoms with Crippen LogP contribution in [0.1, 0.15) is 42.5 Å². The molecule has 4 rings (SSSR count). The zero-order chi connectivity index (χ0) is 18.6. The van der Waals surface area contributed by atoms with Crippen LogP contribution in [-0.4, -0.2) is 21.8 Å². The Morgan fingerprint density at radius 1 is 1.22 bits per heavy atom. The maximum Gasteiger partial charge on any atom is 0.271 e. The standard InChI is InChI=1S/C21H21N3O2S/c25-19(22-12-11-15-7-3-1-4-8-15)17-13-23-21-24(20(17)26)18(14-27-21)16-9-5-2-6-10-16/h2,5-7,9-10,13-14H,1,3-4,8,11-12H2,(H,22,25). The van der Waals surface area contributed by atoms with Crippen LogP contribution in [-0.2, 0) is 0 Å². The number of amides is 1. The summed E-state index contributed by atoms with van der Waals surface area (Å²) in [6, 6.07) is 9.67. The van der Waals surface area contributed by atoms with E-state index in [1.54, 1.807) is 0 Å². The van der Waals surface area contributed by atoms with Gasteiger partial charge in [0.1, 0.15) is 5.56 Å². The Morgan fingerprint density at radius 3 is 2.85 bits per heavy atom. The molecule has 0 fully saturated rings. The summed E-state index contributed by atoms with van der Waals surface area (Å²) in [7, 11) is 0. The molecule has 2 aromatic heterocycles. The van der Waals surface area contributed by atoms with Gasteiger partial charge in [0.2, 0.25) is 0 Å². The highest BCUT2D eigenvalue weighted by Gasteiger charge is 2.17. The largest absolute Gasteiger partial charge is 0.351 e. The van der Waals surface area contributed by atoms with Crippen molar-refractivity contribution in [2.45, 2.75) is 32.1 Å². The van der Waals surface area contributed by atoms with Crippen molar-refractivity contribution >= 4 is 22.2 Å². The number of allylic oxidation sites excluding steroid dienone is 1. The molecule has 0 unspecified atom stereocenters. The molecule has 3 aromatic rings. The van der Waals surface area contributed by atoms with Crippen LogP contribution >= 0.6 is 11.3 Å². The van der Waals surface area contributed by atoms with Crippen LogP contribution in [0.15, 0.2) is 58.4 Å². The van der Waals surface area contributed by atoms with E-state index < -0.39 is 0 Å². The van der Waals surface area contributed by atoms with Gasteiger partial charge in [-0.05, 0) is 37.7 Å². The molecule has 1 aliphatic carbocycles. The Kier molecular flexibility index (Phi) is 5.16. The highest BCUT2D eigenvalue weighted by atomic mass is 32.1. The lowest BCUT2D eigenvalue weighted by Crippen LogP contribution is -2.32. The van der Waals surface area contributed by atoms with Gasteiger partial charge in [0, 0.05) is 18.1 Å². The molecule has 5 nitrogen and oxygen atoms in total. The maximum atomic E-state index is 12.9. The topological polar surface area (TPSA) is 63.5 Å². The minimum atomic E-state index is -0.358. The van der Waals surface area contributed by atoms with E-state index >= 15 is 0 Å². The van der Waals surface area contributed by atoms with Crippen molar-refractivity contribution in [2.75, 3.05) is 6.54 Å². The highest BCUT2D eigenvalue weighted by Crippen LogP contribution is 2.23. The predicted octanol–water partition coefficient (Wildman–Crippen LogP) is 4.04. The average molecular weight is 379 g/mol. The number of rotatable bonds is 5. The summed E-state index contributed by atoms with van der Waals surface area (Å²) in [6.07, 6.45) is 9.22. The summed E-state index contributed by atoms with van der Waals surface area (Å²) in [4.78, 5) is 30.4. The number of carbonyl (C=O) groups is 1. The molecular formula is C21H21N3O2S. The van der Waals surface area contributed by atoms with Crippen LogP contribution in [0, 0.1) is 0 Å². The second kappa shape index (κ2) is 7.88. The molecule has 1 aromatic carbocycles. The van der Waals surface area contributed by atoms with Gasteiger partial charge in [0.25, 0.3) is 11.5 Å². The number of nitrogens with zero attached hydrogens (tertiary/aromatic N) is 2. The van der Waals surface area contributed by atoms with Crippen molar-refractivity contribution in [2.24, 2.45) is 0 Å². The van der Waals surface area contributed by atoms with E-state index in [2.05, 4.69) is 16.4 Å². The first-order chi connectivity index (χ1) is 13.2. The molecule has 0 bridgehead atoms. The number of benzene rings is 1. The lowest BCUT2D eigenvalue weighted by molar-refractivity contribution is 0.0952. The van der Waals surface area contributed by atoms with Crippen molar-refractivity contribution in [1.82, 2.24) is 14.7 Å². The van der Waals surface area contributed by atoms with Gasteiger partial charge in [-0.25, -0.2) is 4.98 Å². The number of hydrogen-bond acceptors (Lipinski definition) is 4. The summed E-state index contributed by atoms with van der Waals surface area (Å²) in [6.45, 7) is 0.544. The van der Waals surface area contributed by atoms with Crippen molar-refractivity contribution < 1.29 is 4.79 Å².